The fraction of sp³-hybridized carbons (Fsp3) is 0.0870. The Morgan fingerprint density at radius 2 is 1.73 bits per heavy atom. The zero-order valence-electron chi connectivity index (χ0n) is 15.7. The summed E-state index contributed by atoms with van der Waals surface area (Å²) in [6, 6.07) is 18.0. The van der Waals surface area contributed by atoms with Crippen LogP contribution >= 0.6 is 0 Å². The minimum absolute atomic E-state index is 0.281. The number of rotatable bonds is 2. The van der Waals surface area contributed by atoms with E-state index < -0.39 is 0 Å². The fourth-order valence-electron chi connectivity index (χ4n) is 4.20. The molecule has 2 atom stereocenters. The molecule has 0 fully saturated rings. The monoisotopic (exact) mass is 397 g/mol. The van der Waals surface area contributed by atoms with Gasteiger partial charge < -0.3 is 10.1 Å². The minimum atomic E-state index is -0.363. The quantitative estimate of drug-likeness (QED) is 0.544. The normalized spacial score (nSPS) is 19.2. The van der Waals surface area contributed by atoms with Gasteiger partial charge in [0.1, 0.15) is 30.0 Å². The number of benzene rings is 2. The predicted octanol–water partition coefficient (Wildman–Crippen LogP) is 4.37. The second-order valence-electron chi connectivity index (χ2n) is 7.21. The van der Waals surface area contributed by atoms with Gasteiger partial charge in [0.15, 0.2) is 0 Å². The molecule has 0 radical (unpaired) electrons. The van der Waals surface area contributed by atoms with Crippen molar-refractivity contribution in [1.29, 1.82) is 0 Å². The number of ether oxygens (including phenoxy) is 1. The van der Waals surface area contributed by atoms with Gasteiger partial charge in [0, 0.05) is 23.5 Å². The Balaban J connectivity index is 1.63. The fourth-order valence-corrected chi connectivity index (χ4v) is 4.20. The van der Waals surface area contributed by atoms with E-state index >= 15 is 0 Å². The van der Waals surface area contributed by atoms with Crippen LogP contribution in [0.3, 0.4) is 0 Å². The third-order valence-electron chi connectivity index (χ3n) is 5.52. The summed E-state index contributed by atoms with van der Waals surface area (Å²) in [5.41, 5.74) is 4.76. The van der Waals surface area contributed by atoms with E-state index in [-0.39, 0.29) is 18.0 Å². The molecule has 0 amide bonds. The van der Waals surface area contributed by atoms with Crippen molar-refractivity contribution in [1.82, 2.24) is 19.7 Å². The van der Waals surface area contributed by atoms with Crippen molar-refractivity contribution >= 4 is 11.6 Å². The molecule has 4 aromatic rings. The molecular formula is C23H16FN5O. The molecule has 2 aromatic carbocycles. The Morgan fingerprint density at radius 3 is 2.57 bits per heavy atom. The van der Waals surface area contributed by atoms with Crippen LogP contribution in [0.2, 0.25) is 0 Å². The number of hydrogen-bond donors (Lipinski definition) is 1. The van der Waals surface area contributed by atoms with Gasteiger partial charge in [-0.15, -0.1) is 0 Å². The van der Waals surface area contributed by atoms with E-state index in [2.05, 4.69) is 20.4 Å². The summed E-state index contributed by atoms with van der Waals surface area (Å²) in [5, 5.41) is 7.90. The van der Waals surface area contributed by atoms with Crippen molar-refractivity contribution in [2.75, 3.05) is 5.32 Å². The average molecular weight is 397 g/mol. The maximum absolute atomic E-state index is 13.7. The van der Waals surface area contributed by atoms with Crippen LogP contribution in [0.5, 0.6) is 5.75 Å². The first-order valence-corrected chi connectivity index (χ1v) is 9.61. The molecule has 7 heteroatoms. The summed E-state index contributed by atoms with van der Waals surface area (Å²) in [6.45, 7) is 0. The molecule has 0 unspecified atom stereocenters. The van der Waals surface area contributed by atoms with Gasteiger partial charge in [0.2, 0.25) is 5.95 Å². The van der Waals surface area contributed by atoms with E-state index in [1.807, 2.05) is 41.1 Å². The number of aromatic nitrogens is 4. The second-order valence-corrected chi connectivity index (χ2v) is 7.21. The number of fused-ring (bicyclic) bond motifs is 3. The molecule has 0 saturated carbocycles. The largest absolute Gasteiger partial charge is 0.480 e. The van der Waals surface area contributed by atoms with Crippen LogP contribution in [-0.2, 0) is 0 Å². The molecule has 0 spiro atoms. The first-order chi connectivity index (χ1) is 14.8. The topological polar surface area (TPSA) is 64.9 Å². The first kappa shape index (κ1) is 16.9. The molecule has 30 heavy (non-hydrogen) atoms. The Morgan fingerprint density at radius 1 is 0.933 bits per heavy atom. The van der Waals surface area contributed by atoms with E-state index in [1.54, 1.807) is 24.5 Å². The van der Waals surface area contributed by atoms with Gasteiger partial charge in [-0.25, -0.2) is 9.07 Å². The summed E-state index contributed by atoms with van der Waals surface area (Å²) in [6.07, 6.45) is 4.66. The molecule has 4 heterocycles. The summed E-state index contributed by atoms with van der Waals surface area (Å²) >= 11 is 0. The summed E-state index contributed by atoms with van der Waals surface area (Å²) in [4.78, 5) is 8.54. The van der Waals surface area contributed by atoms with Crippen LogP contribution in [-0.4, -0.2) is 19.7 Å². The smallest absolute Gasteiger partial charge is 0.226 e. The predicted molar refractivity (Wildman–Crippen MR) is 109 cm³/mol. The molecule has 1 N–H and O–H groups in total. The lowest BCUT2D eigenvalue weighted by Crippen LogP contribution is -2.32. The van der Waals surface area contributed by atoms with Crippen LogP contribution < -0.4 is 10.1 Å². The van der Waals surface area contributed by atoms with E-state index in [4.69, 9.17) is 4.74 Å². The van der Waals surface area contributed by atoms with Gasteiger partial charge >= 0.3 is 0 Å². The first-order valence-electron chi connectivity index (χ1n) is 9.61. The number of hydrogen-bond acceptors (Lipinski definition) is 5. The summed E-state index contributed by atoms with van der Waals surface area (Å²) in [5.74, 6) is 1.14. The zero-order chi connectivity index (χ0) is 20.1. The van der Waals surface area contributed by atoms with Crippen molar-refractivity contribution in [3.63, 3.8) is 0 Å². The van der Waals surface area contributed by atoms with Crippen molar-refractivity contribution in [3.05, 3.63) is 107 Å². The summed E-state index contributed by atoms with van der Waals surface area (Å²) < 4.78 is 22.0. The molecule has 2 aliphatic heterocycles. The van der Waals surface area contributed by atoms with Crippen molar-refractivity contribution in [2.45, 2.75) is 12.1 Å². The molecule has 2 aromatic heterocycles. The number of nitrogens with zero attached hydrogens (tertiary/aromatic N) is 4. The number of anilines is 1. The van der Waals surface area contributed by atoms with Crippen LogP contribution in [0.1, 0.15) is 28.8 Å². The van der Waals surface area contributed by atoms with Crippen LogP contribution in [0.15, 0.2) is 85.0 Å². The van der Waals surface area contributed by atoms with Gasteiger partial charge in [-0.2, -0.15) is 10.1 Å². The van der Waals surface area contributed by atoms with Crippen LogP contribution in [0, 0.1) is 5.82 Å². The van der Waals surface area contributed by atoms with Crippen molar-refractivity contribution < 1.29 is 9.13 Å². The van der Waals surface area contributed by atoms with E-state index in [1.165, 1.54) is 18.5 Å². The molecule has 6 rings (SSSR count). The highest BCUT2D eigenvalue weighted by atomic mass is 19.1. The standard InChI is InChI=1S/C23H16FN5O/c24-16-7-5-14(6-8-16)21-19-20(28-23-26-13-27-29(21)23)17-3-1-2-4-18(17)30-22(19)15-9-11-25-12-10-15/h1-13,21-22H,(H,26,27,28)/t21-,22+/m0/s1. The Hall–Kier alpha value is -4.00. The highest BCUT2D eigenvalue weighted by molar-refractivity contribution is 5.85. The summed E-state index contributed by atoms with van der Waals surface area (Å²) in [7, 11) is 0. The van der Waals surface area contributed by atoms with Crippen LogP contribution in [0.25, 0.3) is 5.70 Å². The Labute approximate surface area is 171 Å². The lowest BCUT2D eigenvalue weighted by molar-refractivity contribution is 0.223. The maximum atomic E-state index is 13.7. The number of para-hydroxylation sites is 1. The zero-order valence-corrected chi connectivity index (χ0v) is 15.7. The van der Waals surface area contributed by atoms with Gasteiger partial charge in [-0.05, 0) is 47.5 Å². The minimum Gasteiger partial charge on any atom is -0.480 e. The Bertz CT molecular complexity index is 1270. The molecule has 0 bridgehead atoms. The van der Waals surface area contributed by atoms with Crippen molar-refractivity contribution in [2.24, 2.45) is 0 Å². The van der Waals surface area contributed by atoms with Gasteiger partial charge in [0.05, 0.1) is 5.70 Å². The second kappa shape index (κ2) is 6.52. The van der Waals surface area contributed by atoms with Gasteiger partial charge in [-0.3, -0.25) is 4.98 Å². The SMILES string of the molecule is Fc1ccc([C@H]2C3=C(Nc4ncnn42)c2ccccc2O[C@@H]3c2ccncc2)cc1. The van der Waals surface area contributed by atoms with E-state index in [9.17, 15) is 4.39 Å². The average Bonchev–Trinajstić information content (AvgIpc) is 3.27. The number of pyridine rings is 1. The molecular weight excluding hydrogens is 381 g/mol. The molecule has 2 aliphatic rings. The van der Waals surface area contributed by atoms with E-state index in [0.717, 1.165) is 33.7 Å². The number of halogens is 1. The lowest BCUT2D eigenvalue weighted by Gasteiger charge is -2.38. The van der Waals surface area contributed by atoms with Crippen LogP contribution in [0.4, 0.5) is 10.3 Å². The van der Waals surface area contributed by atoms with E-state index in [0.29, 0.717) is 5.95 Å². The highest BCUT2D eigenvalue weighted by Gasteiger charge is 2.40. The third kappa shape index (κ3) is 2.52. The number of nitrogens with one attached hydrogen (secondary N) is 1. The lowest BCUT2D eigenvalue weighted by atomic mass is 9.85. The molecule has 0 aliphatic carbocycles. The molecule has 0 saturated heterocycles. The molecule has 6 nitrogen and oxygen atoms in total. The third-order valence-corrected chi connectivity index (χ3v) is 5.52. The van der Waals surface area contributed by atoms with Gasteiger partial charge in [-0.1, -0.05) is 24.3 Å². The maximum Gasteiger partial charge on any atom is 0.226 e. The van der Waals surface area contributed by atoms with Crippen molar-refractivity contribution in [3.8, 4) is 5.75 Å². The molecule has 146 valence electrons. The van der Waals surface area contributed by atoms with Gasteiger partial charge in [0.25, 0.3) is 0 Å². The highest BCUT2D eigenvalue weighted by Crippen LogP contribution is 2.50. The Kier molecular flexibility index (Phi) is 3.67.